The van der Waals surface area contributed by atoms with Gasteiger partial charge in [0, 0.05) is 34.8 Å². The van der Waals surface area contributed by atoms with Gasteiger partial charge in [-0.3, -0.25) is 15.2 Å². The minimum Gasteiger partial charge on any atom is -0.455 e. The number of hydrazone groups is 1. The van der Waals surface area contributed by atoms with Gasteiger partial charge in [-0.1, -0.05) is 36.4 Å². The summed E-state index contributed by atoms with van der Waals surface area (Å²) in [6, 6.07) is 19.2. The van der Waals surface area contributed by atoms with Crippen molar-refractivity contribution in [1.29, 1.82) is 0 Å². The van der Waals surface area contributed by atoms with Crippen LogP contribution in [0.3, 0.4) is 0 Å². The highest BCUT2D eigenvalue weighted by atomic mass is 32.1. The summed E-state index contributed by atoms with van der Waals surface area (Å²) in [7, 11) is 0. The number of aromatic nitrogens is 1. The van der Waals surface area contributed by atoms with E-state index >= 15 is 0 Å². The van der Waals surface area contributed by atoms with Crippen LogP contribution in [0.15, 0.2) is 76.4 Å². The lowest BCUT2D eigenvalue weighted by Gasteiger charge is -2.14. The first kappa shape index (κ1) is 21.8. The van der Waals surface area contributed by atoms with Crippen molar-refractivity contribution >= 4 is 51.2 Å². The maximum Gasteiger partial charge on any atom is 0.291 e. The highest BCUT2D eigenvalue weighted by molar-refractivity contribution is 7.80. The van der Waals surface area contributed by atoms with Crippen molar-refractivity contribution in [3.05, 3.63) is 89.5 Å². The average molecular weight is 470 g/mol. The van der Waals surface area contributed by atoms with Gasteiger partial charge >= 0.3 is 0 Å². The van der Waals surface area contributed by atoms with E-state index in [0.717, 1.165) is 58.5 Å². The fraction of sp³-hybridized carbons (Fsp3) is 0.154. The fourth-order valence-electron chi connectivity index (χ4n) is 4.18. The Morgan fingerprint density at radius 1 is 1.03 bits per heavy atom. The summed E-state index contributed by atoms with van der Waals surface area (Å²) in [5, 5.41) is 12.0. The van der Waals surface area contributed by atoms with E-state index in [4.69, 9.17) is 16.6 Å². The van der Waals surface area contributed by atoms with Crippen LogP contribution in [0.5, 0.6) is 0 Å². The van der Waals surface area contributed by atoms with Crippen LogP contribution < -0.4 is 16.1 Å². The number of hydrogen-bond acceptors (Lipinski definition) is 5. The van der Waals surface area contributed by atoms with Crippen LogP contribution in [-0.2, 0) is 6.42 Å². The number of carbonyl (C=O) groups excluding carboxylic acids is 1. The molecule has 0 radical (unpaired) electrons. The Balaban J connectivity index is 1.37. The molecular weight excluding hydrogens is 446 g/mol. The maximum atomic E-state index is 13.2. The van der Waals surface area contributed by atoms with E-state index in [1.807, 2.05) is 67.6 Å². The Hall–Kier alpha value is -4.04. The number of hydrogen-bond donors (Lipinski definition) is 3. The van der Waals surface area contributed by atoms with Crippen molar-refractivity contribution in [2.45, 2.75) is 26.2 Å². The van der Waals surface area contributed by atoms with Gasteiger partial charge in [0.15, 0.2) is 10.9 Å². The van der Waals surface area contributed by atoms with Gasteiger partial charge in [-0.15, -0.1) is 0 Å². The van der Waals surface area contributed by atoms with Crippen molar-refractivity contribution in [3.63, 3.8) is 0 Å². The molecule has 2 aromatic heterocycles. The molecule has 0 spiro atoms. The van der Waals surface area contributed by atoms with Gasteiger partial charge in [0.05, 0.1) is 16.9 Å². The fourth-order valence-corrected chi connectivity index (χ4v) is 4.34. The Morgan fingerprint density at radius 2 is 1.85 bits per heavy atom. The normalized spacial score (nSPS) is 14.0. The van der Waals surface area contributed by atoms with Gasteiger partial charge in [0.1, 0.15) is 5.76 Å². The molecule has 8 heteroatoms. The smallest absolute Gasteiger partial charge is 0.291 e. The number of nitrogens with zero attached hydrogens (tertiary/aromatic N) is 2. The molecule has 1 amide bonds. The largest absolute Gasteiger partial charge is 0.455 e. The van der Waals surface area contributed by atoms with E-state index in [0.29, 0.717) is 10.8 Å². The van der Waals surface area contributed by atoms with Crippen molar-refractivity contribution < 1.29 is 9.21 Å². The number of rotatable bonds is 4. The quantitative estimate of drug-likeness (QED) is 0.273. The molecular formula is C26H23N5O2S. The van der Waals surface area contributed by atoms with Crippen LogP contribution >= 0.6 is 12.2 Å². The van der Waals surface area contributed by atoms with E-state index in [2.05, 4.69) is 26.1 Å². The predicted octanol–water partition coefficient (Wildman–Crippen LogP) is 5.42. The van der Waals surface area contributed by atoms with Crippen LogP contribution in [0.1, 0.15) is 40.3 Å². The Bertz CT molecular complexity index is 1410. The van der Waals surface area contributed by atoms with Gasteiger partial charge in [0.25, 0.3) is 5.91 Å². The third kappa shape index (κ3) is 4.40. The first-order chi connectivity index (χ1) is 16.6. The van der Waals surface area contributed by atoms with E-state index < -0.39 is 0 Å². The highest BCUT2D eigenvalue weighted by Crippen LogP contribution is 2.31. The number of thiocarbonyl (C=S) groups is 1. The molecule has 34 heavy (non-hydrogen) atoms. The molecule has 4 aromatic rings. The molecule has 2 aromatic carbocycles. The third-order valence-electron chi connectivity index (χ3n) is 5.74. The molecule has 2 heterocycles. The van der Waals surface area contributed by atoms with E-state index in [-0.39, 0.29) is 11.7 Å². The van der Waals surface area contributed by atoms with E-state index in [1.54, 1.807) is 6.20 Å². The van der Waals surface area contributed by atoms with E-state index in [1.165, 1.54) is 0 Å². The summed E-state index contributed by atoms with van der Waals surface area (Å²) < 4.78 is 6.03. The number of carbonyl (C=O) groups is 1. The predicted molar refractivity (Wildman–Crippen MR) is 138 cm³/mol. The number of aryl methyl sites for hydroxylation is 1. The van der Waals surface area contributed by atoms with Gasteiger partial charge in [0.2, 0.25) is 0 Å². The molecule has 0 fully saturated rings. The second-order valence-electron chi connectivity index (χ2n) is 8.03. The summed E-state index contributed by atoms with van der Waals surface area (Å²) >= 11 is 5.37. The van der Waals surface area contributed by atoms with Crippen LogP contribution in [0.25, 0.3) is 10.9 Å². The molecule has 170 valence electrons. The Morgan fingerprint density at radius 3 is 2.71 bits per heavy atom. The lowest BCUT2D eigenvalue weighted by atomic mass is 9.93. The standard InChI is InChI=1S/C26H23N5O2S/c1-16-22-19(30-31-26(34)28-18-10-3-2-4-11-18)12-6-14-21(22)33-24(16)25(32)29-20-13-5-8-17-9-7-15-27-23(17)20/h2-5,7-11,13,15H,6,12,14H2,1H3,(H,29,32)(H2,28,31,34)/b30-19+. The molecule has 0 saturated heterocycles. The SMILES string of the molecule is Cc1c(C(=O)Nc2cccc3cccnc23)oc2c1/C(=N/NC(=S)Nc1ccccc1)CCC2. The molecule has 0 bridgehead atoms. The maximum absolute atomic E-state index is 13.2. The zero-order chi connectivity index (χ0) is 23.5. The molecule has 1 aliphatic carbocycles. The van der Waals surface area contributed by atoms with Crippen LogP contribution in [-0.4, -0.2) is 21.7 Å². The van der Waals surface area contributed by atoms with Crippen molar-refractivity contribution in [3.8, 4) is 0 Å². The summed E-state index contributed by atoms with van der Waals surface area (Å²) in [5.41, 5.74) is 7.65. The first-order valence-corrected chi connectivity index (χ1v) is 11.5. The second-order valence-corrected chi connectivity index (χ2v) is 8.44. The Labute approximate surface area is 202 Å². The van der Waals surface area contributed by atoms with Crippen LogP contribution in [0.2, 0.25) is 0 Å². The van der Waals surface area contributed by atoms with Crippen LogP contribution in [0.4, 0.5) is 11.4 Å². The zero-order valence-electron chi connectivity index (χ0n) is 18.6. The highest BCUT2D eigenvalue weighted by Gasteiger charge is 2.28. The monoisotopic (exact) mass is 469 g/mol. The van der Waals surface area contributed by atoms with Gasteiger partial charge in [-0.2, -0.15) is 5.10 Å². The molecule has 0 aliphatic heterocycles. The zero-order valence-corrected chi connectivity index (χ0v) is 19.4. The number of furan rings is 1. The number of benzene rings is 2. The third-order valence-corrected chi connectivity index (χ3v) is 5.93. The lowest BCUT2D eigenvalue weighted by Crippen LogP contribution is -2.26. The number of para-hydroxylation sites is 2. The molecule has 7 nitrogen and oxygen atoms in total. The lowest BCUT2D eigenvalue weighted by molar-refractivity contribution is 0.0994. The molecule has 0 atom stereocenters. The molecule has 0 unspecified atom stereocenters. The van der Waals surface area contributed by atoms with Crippen molar-refractivity contribution in [2.75, 3.05) is 10.6 Å². The minimum atomic E-state index is -0.307. The molecule has 0 saturated carbocycles. The average Bonchev–Trinajstić information content (AvgIpc) is 3.21. The van der Waals surface area contributed by atoms with E-state index in [9.17, 15) is 4.79 Å². The van der Waals surface area contributed by atoms with Crippen molar-refractivity contribution in [2.24, 2.45) is 5.10 Å². The topological polar surface area (TPSA) is 91.6 Å². The Kier molecular flexibility index (Phi) is 6.05. The summed E-state index contributed by atoms with van der Waals surface area (Å²) in [5.74, 6) is 0.753. The van der Waals surface area contributed by atoms with Gasteiger partial charge in [-0.25, -0.2) is 0 Å². The summed E-state index contributed by atoms with van der Waals surface area (Å²) in [4.78, 5) is 17.6. The second kappa shape index (κ2) is 9.44. The molecule has 5 rings (SSSR count). The number of fused-ring (bicyclic) bond motifs is 2. The molecule has 1 aliphatic rings. The van der Waals surface area contributed by atoms with Gasteiger partial charge < -0.3 is 15.1 Å². The summed E-state index contributed by atoms with van der Waals surface area (Å²) in [6.07, 6.45) is 4.11. The van der Waals surface area contributed by atoms with Crippen LogP contribution in [0, 0.1) is 6.92 Å². The minimum absolute atomic E-state index is 0.289. The van der Waals surface area contributed by atoms with Crippen molar-refractivity contribution in [1.82, 2.24) is 10.4 Å². The number of pyridine rings is 1. The summed E-state index contributed by atoms with van der Waals surface area (Å²) in [6.45, 7) is 1.89. The number of amides is 1. The van der Waals surface area contributed by atoms with Gasteiger partial charge in [-0.05, 0) is 56.2 Å². The number of anilines is 2. The first-order valence-electron chi connectivity index (χ1n) is 11.1. The number of nitrogens with one attached hydrogen (secondary N) is 3. The molecule has 3 N–H and O–H groups in total.